The fourth-order valence-electron chi connectivity index (χ4n) is 1.74. The zero-order valence-electron chi connectivity index (χ0n) is 11.3. The highest BCUT2D eigenvalue weighted by molar-refractivity contribution is 7.92. The molecule has 21 heavy (non-hydrogen) atoms. The van der Waals surface area contributed by atoms with E-state index in [1.54, 1.807) is 13.8 Å². The lowest BCUT2D eigenvalue weighted by Crippen LogP contribution is -2.40. The molecule has 1 aliphatic heterocycles. The van der Waals surface area contributed by atoms with Crippen LogP contribution in [0.1, 0.15) is 20.3 Å². The van der Waals surface area contributed by atoms with Gasteiger partial charge in [-0.15, -0.1) is 11.3 Å². The van der Waals surface area contributed by atoms with E-state index in [0.29, 0.717) is 16.6 Å². The molecule has 1 aromatic heterocycles. The number of hydrogen-bond donors (Lipinski definition) is 2. The van der Waals surface area contributed by atoms with Gasteiger partial charge in [0.1, 0.15) is 0 Å². The molecule has 0 saturated heterocycles. The van der Waals surface area contributed by atoms with E-state index in [9.17, 15) is 13.2 Å². The molecule has 116 valence electrons. The largest absolute Gasteiger partial charge is 0.466 e. The average molecular weight is 352 g/mol. The van der Waals surface area contributed by atoms with E-state index in [1.165, 1.54) is 6.07 Å². The van der Waals surface area contributed by atoms with Gasteiger partial charge in [-0.05, 0) is 19.9 Å². The third kappa shape index (κ3) is 3.86. The molecule has 1 aromatic rings. The van der Waals surface area contributed by atoms with Crippen LogP contribution in [0, 0.1) is 0 Å². The highest BCUT2D eigenvalue weighted by atomic mass is 35.5. The van der Waals surface area contributed by atoms with Crippen molar-refractivity contribution in [3.63, 3.8) is 0 Å². The zero-order chi connectivity index (χ0) is 15.6. The average Bonchev–Trinajstić information content (AvgIpc) is 2.69. The normalized spacial score (nSPS) is 19.3. The first-order valence-electron chi connectivity index (χ1n) is 6.14. The Kier molecular flexibility index (Phi) is 4.74. The molecule has 0 amide bonds. The lowest BCUT2D eigenvalue weighted by molar-refractivity contribution is -0.143. The predicted molar refractivity (Wildman–Crippen MR) is 81.4 cm³/mol. The van der Waals surface area contributed by atoms with Crippen LogP contribution >= 0.6 is 22.9 Å². The SMILES string of the molecule is CCOC(=O)CC(C)N=C1Nc2cc(Cl)sc2S(=O)(=O)N1. The van der Waals surface area contributed by atoms with Gasteiger partial charge in [-0.2, -0.15) is 0 Å². The molecular formula is C11H14ClN3O4S2. The third-order valence-corrected chi connectivity index (χ3v) is 5.65. The highest BCUT2D eigenvalue weighted by Crippen LogP contribution is 2.36. The van der Waals surface area contributed by atoms with Gasteiger partial charge in [-0.3, -0.25) is 4.79 Å². The first kappa shape index (κ1) is 16.1. The first-order chi connectivity index (χ1) is 9.81. The van der Waals surface area contributed by atoms with Crippen molar-refractivity contribution in [1.29, 1.82) is 0 Å². The standard InChI is InChI=1S/C11H14ClN3O4S2/c1-3-19-9(16)4-6(2)13-11-14-7-5-8(12)20-10(7)21(17,18)15-11/h5-6H,3-4H2,1-2H3,(H2,13,14,15). The van der Waals surface area contributed by atoms with Gasteiger partial charge < -0.3 is 10.1 Å². The van der Waals surface area contributed by atoms with Crippen molar-refractivity contribution in [2.24, 2.45) is 4.99 Å². The number of sulfonamides is 1. The van der Waals surface area contributed by atoms with Gasteiger partial charge in [0.15, 0.2) is 4.21 Å². The number of nitrogens with zero attached hydrogens (tertiary/aromatic N) is 1. The number of esters is 1. The Labute approximate surface area is 131 Å². The van der Waals surface area contributed by atoms with Gasteiger partial charge in [-0.1, -0.05) is 11.6 Å². The van der Waals surface area contributed by atoms with Gasteiger partial charge in [0.05, 0.1) is 29.1 Å². The van der Waals surface area contributed by atoms with E-state index in [0.717, 1.165) is 11.3 Å². The monoisotopic (exact) mass is 351 g/mol. The second-order valence-corrected chi connectivity index (χ2v) is 7.88. The van der Waals surface area contributed by atoms with E-state index in [4.69, 9.17) is 16.3 Å². The molecule has 1 aliphatic rings. The summed E-state index contributed by atoms with van der Waals surface area (Å²) in [7, 11) is -3.68. The maximum absolute atomic E-state index is 12.0. The number of carbonyl (C=O) groups is 1. The predicted octanol–water partition coefficient (Wildman–Crippen LogP) is 1.80. The smallest absolute Gasteiger partial charge is 0.307 e. The van der Waals surface area contributed by atoms with E-state index >= 15 is 0 Å². The van der Waals surface area contributed by atoms with E-state index in [2.05, 4.69) is 15.0 Å². The lowest BCUT2D eigenvalue weighted by atomic mass is 10.2. The van der Waals surface area contributed by atoms with Crippen molar-refractivity contribution in [3.8, 4) is 0 Å². The molecule has 1 unspecified atom stereocenters. The van der Waals surface area contributed by atoms with E-state index < -0.39 is 16.1 Å². The van der Waals surface area contributed by atoms with Crippen LogP contribution in [0.3, 0.4) is 0 Å². The molecular weight excluding hydrogens is 338 g/mol. The number of thiophene rings is 1. The summed E-state index contributed by atoms with van der Waals surface area (Å²) >= 11 is 6.78. The summed E-state index contributed by atoms with van der Waals surface area (Å²) in [5, 5.41) is 2.84. The first-order valence-corrected chi connectivity index (χ1v) is 8.82. The van der Waals surface area contributed by atoms with Crippen LogP contribution in [0.15, 0.2) is 15.3 Å². The van der Waals surface area contributed by atoms with Gasteiger partial charge in [0.2, 0.25) is 5.96 Å². The Morgan fingerprint density at radius 2 is 2.29 bits per heavy atom. The number of carbonyl (C=O) groups excluding carboxylic acids is 1. The second kappa shape index (κ2) is 6.20. The molecule has 0 aliphatic carbocycles. The number of fused-ring (bicyclic) bond motifs is 1. The minimum Gasteiger partial charge on any atom is -0.466 e. The maximum atomic E-state index is 12.0. The Bertz CT molecular complexity index is 684. The quantitative estimate of drug-likeness (QED) is 0.806. The number of aliphatic imine (C=N–C) groups is 1. The summed E-state index contributed by atoms with van der Waals surface area (Å²) < 4.78 is 31.7. The Morgan fingerprint density at radius 1 is 1.57 bits per heavy atom. The number of guanidine groups is 1. The van der Waals surface area contributed by atoms with Gasteiger partial charge in [0.25, 0.3) is 10.0 Å². The van der Waals surface area contributed by atoms with Crippen molar-refractivity contribution in [2.75, 3.05) is 11.9 Å². The molecule has 10 heteroatoms. The van der Waals surface area contributed by atoms with Crippen LogP contribution in [0.4, 0.5) is 5.69 Å². The molecule has 0 aromatic carbocycles. The highest BCUT2D eigenvalue weighted by Gasteiger charge is 2.29. The molecule has 0 fully saturated rings. The second-order valence-electron chi connectivity index (χ2n) is 4.32. The fraction of sp³-hybridized carbons (Fsp3) is 0.455. The Balaban J connectivity index is 2.16. The van der Waals surface area contributed by atoms with Crippen molar-refractivity contribution in [1.82, 2.24) is 4.72 Å². The van der Waals surface area contributed by atoms with E-state index in [1.807, 2.05) is 0 Å². The summed E-state index contributed by atoms with van der Waals surface area (Å²) in [6.45, 7) is 3.70. The third-order valence-electron chi connectivity index (χ3n) is 2.51. The van der Waals surface area contributed by atoms with Crippen molar-refractivity contribution in [3.05, 3.63) is 10.4 Å². The maximum Gasteiger partial charge on any atom is 0.307 e. The van der Waals surface area contributed by atoms with Crippen LogP contribution in [0.2, 0.25) is 4.34 Å². The number of hydrogen-bond acceptors (Lipinski definition) is 6. The van der Waals surface area contributed by atoms with E-state index in [-0.39, 0.29) is 22.6 Å². The van der Waals surface area contributed by atoms with Crippen LogP contribution in [-0.2, 0) is 19.6 Å². The fourth-order valence-corrected chi connectivity index (χ4v) is 4.48. The van der Waals surface area contributed by atoms with Crippen LogP contribution in [0.25, 0.3) is 0 Å². The molecule has 0 saturated carbocycles. The summed E-state index contributed by atoms with van der Waals surface area (Å²) in [5.41, 5.74) is 0.380. The molecule has 2 N–H and O–H groups in total. The summed E-state index contributed by atoms with van der Waals surface area (Å²) in [4.78, 5) is 15.5. The zero-order valence-corrected chi connectivity index (χ0v) is 13.7. The number of ether oxygens (including phenoxy) is 1. The summed E-state index contributed by atoms with van der Waals surface area (Å²) in [6.07, 6.45) is 0.0675. The number of halogens is 1. The molecule has 0 bridgehead atoms. The Hall–Kier alpha value is -1.32. The number of rotatable bonds is 4. The molecule has 7 nitrogen and oxygen atoms in total. The Morgan fingerprint density at radius 3 is 2.95 bits per heavy atom. The topological polar surface area (TPSA) is 96.9 Å². The molecule has 0 spiro atoms. The molecule has 2 rings (SSSR count). The van der Waals surface area contributed by atoms with Crippen molar-refractivity contribution < 1.29 is 17.9 Å². The number of nitrogens with one attached hydrogen (secondary N) is 2. The van der Waals surface area contributed by atoms with Gasteiger partial charge in [-0.25, -0.2) is 18.1 Å². The summed E-state index contributed by atoms with van der Waals surface area (Å²) in [6, 6.07) is 1.09. The van der Waals surface area contributed by atoms with Crippen LogP contribution < -0.4 is 10.0 Å². The summed E-state index contributed by atoms with van der Waals surface area (Å²) in [5.74, 6) is -0.318. The minimum atomic E-state index is -3.68. The molecule has 1 atom stereocenters. The van der Waals surface area contributed by atoms with Gasteiger partial charge >= 0.3 is 5.97 Å². The van der Waals surface area contributed by atoms with Crippen molar-refractivity contribution >= 4 is 50.6 Å². The molecule has 2 heterocycles. The van der Waals surface area contributed by atoms with Gasteiger partial charge in [0, 0.05) is 0 Å². The van der Waals surface area contributed by atoms with Crippen molar-refractivity contribution in [2.45, 2.75) is 30.5 Å². The van der Waals surface area contributed by atoms with Crippen LogP contribution in [0.5, 0.6) is 0 Å². The molecule has 0 radical (unpaired) electrons. The lowest BCUT2D eigenvalue weighted by Gasteiger charge is -2.19. The minimum absolute atomic E-state index is 0.0637. The number of anilines is 1. The van der Waals surface area contributed by atoms with Crippen LogP contribution in [-0.4, -0.2) is 33.0 Å².